The van der Waals surface area contributed by atoms with Gasteiger partial charge in [0.1, 0.15) is 0 Å². The lowest BCUT2D eigenvalue weighted by Crippen LogP contribution is -2.31. The van der Waals surface area contributed by atoms with Gasteiger partial charge in [0.05, 0.1) is 25.9 Å². The fraction of sp³-hybridized carbons (Fsp3) is 1.00. The van der Waals surface area contributed by atoms with E-state index in [2.05, 4.69) is 19.2 Å². The Bertz CT molecular complexity index is 189. The first-order valence-corrected chi connectivity index (χ1v) is 8.21. The van der Waals surface area contributed by atoms with E-state index in [1.165, 1.54) is 32.1 Å². The molecule has 0 saturated heterocycles. The smallest absolute Gasteiger partial charge is 0.0897 e. The topological polar surface area (TPSA) is 50.7 Å². The van der Waals surface area contributed by atoms with Gasteiger partial charge in [0.15, 0.2) is 0 Å². The van der Waals surface area contributed by atoms with Gasteiger partial charge in [0, 0.05) is 13.2 Å². The number of aliphatic hydroxyl groups is 1. The predicted molar refractivity (Wildman–Crippen MR) is 84.1 cm³/mol. The molecule has 2 N–H and O–H groups in total. The maximum atomic E-state index is 9.68. The van der Waals surface area contributed by atoms with Crippen molar-refractivity contribution in [3.05, 3.63) is 0 Å². The first-order chi connectivity index (χ1) is 9.66. The average molecular weight is 289 g/mol. The van der Waals surface area contributed by atoms with Crippen molar-refractivity contribution in [2.24, 2.45) is 5.92 Å². The Labute approximate surface area is 125 Å². The second-order valence-corrected chi connectivity index (χ2v) is 5.73. The molecule has 0 bridgehead atoms. The monoisotopic (exact) mass is 289 g/mol. The normalized spacial score (nSPS) is 13.1. The van der Waals surface area contributed by atoms with E-state index in [-0.39, 0.29) is 0 Å². The Hall–Kier alpha value is -0.160. The summed E-state index contributed by atoms with van der Waals surface area (Å²) in [5.74, 6) is 0.825. The van der Waals surface area contributed by atoms with Gasteiger partial charge in [-0.2, -0.15) is 0 Å². The molecule has 0 radical (unpaired) electrons. The van der Waals surface area contributed by atoms with Crippen LogP contribution in [-0.4, -0.2) is 50.7 Å². The van der Waals surface area contributed by atoms with Crippen molar-refractivity contribution in [3.63, 3.8) is 0 Å². The standard InChI is InChI=1S/C16H35NO3/c1-4-19-11-12-20-14-16(18)13-17-10-8-6-5-7-9-15(2)3/h15-18H,4-14H2,1-3H3. The zero-order chi connectivity index (χ0) is 15.1. The molecule has 0 aliphatic heterocycles. The fourth-order valence-electron chi connectivity index (χ4n) is 1.97. The van der Waals surface area contributed by atoms with Gasteiger partial charge in [-0.1, -0.05) is 39.5 Å². The van der Waals surface area contributed by atoms with Crippen molar-refractivity contribution in [1.29, 1.82) is 0 Å². The van der Waals surface area contributed by atoms with Crippen molar-refractivity contribution < 1.29 is 14.6 Å². The summed E-state index contributed by atoms with van der Waals surface area (Å²) >= 11 is 0. The van der Waals surface area contributed by atoms with Gasteiger partial charge in [0.2, 0.25) is 0 Å². The van der Waals surface area contributed by atoms with Crippen LogP contribution in [0.2, 0.25) is 0 Å². The van der Waals surface area contributed by atoms with Crippen LogP contribution < -0.4 is 5.32 Å². The largest absolute Gasteiger partial charge is 0.389 e. The summed E-state index contributed by atoms with van der Waals surface area (Å²) in [5, 5.41) is 13.0. The molecule has 0 aliphatic carbocycles. The summed E-state index contributed by atoms with van der Waals surface area (Å²) in [5.41, 5.74) is 0. The van der Waals surface area contributed by atoms with Gasteiger partial charge < -0.3 is 19.9 Å². The van der Waals surface area contributed by atoms with Gasteiger partial charge in [-0.05, 0) is 25.8 Å². The van der Waals surface area contributed by atoms with Crippen LogP contribution in [0.5, 0.6) is 0 Å². The van der Waals surface area contributed by atoms with Gasteiger partial charge in [-0.25, -0.2) is 0 Å². The molecule has 0 rings (SSSR count). The highest BCUT2D eigenvalue weighted by molar-refractivity contribution is 4.58. The zero-order valence-electron chi connectivity index (χ0n) is 13.7. The summed E-state index contributed by atoms with van der Waals surface area (Å²) in [6, 6.07) is 0. The molecule has 0 aliphatic rings. The van der Waals surface area contributed by atoms with Crippen LogP contribution in [0, 0.1) is 5.92 Å². The molecule has 1 atom stereocenters. The van der Waals surface area contributed by atoms with Crippen molar-refractivity contribution in [3.8, 4) is 0 Å². The summed E-state index contributed by atoms with van der Waals surface area (Å²) in [6.07, 6.45) is 6.05. The maximum absolute atomic E-state index is 9.68. The van der Waals surface area contributed by atoms with Gasteiger partial charge in [0.25, 0.3) is 0 Å². The van der Waals surface area contributed by atoms with E-state index >= 15 is 0 Å². The van der Waals surface area contributed by atoms with Crippen LogP contribution in [-0.2, 0) is 9.47 Å². The minimum atomic E-state index is -0.419. The van der Waals surface area contributed by atoms with Gasteiger partial charge >= 0.3 is 0 Å². The number of unbranched alkanes of at least 4 members (excludes halogenated alkanes) is 3. The summed E-state index contributed by atoms with van der Waals surface area (Å²) in [4.78, 5) is 0. The van der Waals surface area contributed by atoms with E-state index in [9.17, 15) is 5.11 Å². The Morgan fingerprint density at radius 2 is 1.70 bits per heavy atom. The molecule has 0 heterocycles. The second-order valence-electron chi connectivity index (χ2n) is 5.73. The van der Waals surface area contributed by atoms with E-state index in [0.717, 1.165) is 12.5 Å². The highest BCUT2D eigenvalue weighted by atomic mass is 16.5. The van der Waals surface area contributed by atoms with E-state index in [1.54, 1.807) is 0 Å². The van der Waals surface area contributed by atoms with Crippen LogP contribution in [0.15, 0.2) is 0 Å². The number of aliphatic hydroxyl groups excluding tert-OH is 1. The lowest BCUT2D eigenvalue weighted by atomic mass is 10.0. The van der Waals surface area contributed by atoms with E-state index in [1.807, 2.05) is 6.92 Å². The zero-order valence-corrected chi connectivity index (χ0v) is 13.7. The molecule has 20 heavy (non-hydrogen) atoms. The van der Waals surface area contributed by atoms with Crippen molar-refractivity contribution >= 4 is 0 Å². The Balaban J connectivity index is 3.13. The van der Waals surface area contributed by atoms with Crippen molar-refractivity contribution in [2.45, 2.75) is 59.0 Å². The fourth-order valence-corrected chi connectivity index (χ4v) is 1.97. The molecule has 1 unspecified atom stereocenters. The van der Waals surface area contributed by atoms with E-state index < -0.39 is 6.10 Å². The van der Waals surface area contributed by atoms with Gasteiger partial charge in [-0.3, -0.25) is 0 Å². The molecule has 0 fully saturated rings. The van der Waals surface area contributed by atoms with Crippen LogP contribution in [0.25, 0.3) is 0 Å². The molecule has 0 aromatic heterocycles. The molecule has 122 valence electrons. The van der Waals surface area contributed by atoms with E-state index in [0.29, 0.717) is 33.0 Å². The Morgan fingerprint density at radius 1 is 1.00 bits per heavy atom. The second kappa shape index (κ2) is 15.2. The molecule has 4 heteroatoms. The van der Waals surface area contributed by atoms with E-state index in [4.69, 9.17) is 9.47 Å². The third kappa shape index (κ3) is 15.9. The van der Waals surface area contributed by atoms with Crippen LogP contribution in [0.4, 0.5) is 0 Å². The number of ether oxygens (including phenoxy) is 2. The minimum absolute atomic E-state index is 0.383. The van der Waals surface area contributed by atoms with Crippen LogP contribution in [0.3, 0.4) is 0 Å². The van der Waals surface area contributed by atoms with Crippen molar-refractivity contribution in [2.75, 3.05) is 39.5 Å². The first kappa shape index (κ1) is 19.8. The molecular formula is C16H35NO3. The molecule has 0 aromatic carbocycles. The molecule has 0 aromatic rings. The number of rotatable bonds is 15. The highest BCUT2D eigenvalue weighted by Gasteiger charge is 2.03. The minimum Gasteiger partial charge on any atom is -0.389 e. The third-order valence-electron chi connectivity index (χ3n) is 3.15. The third-order valence-corrected chi connectivity index (χ3v) is 3.15. The predicted octanol–water partition coefficient (Wildman–Crippen LogP) is 2.60. The van der Waals surface area contributed by atoms with Crippen LogP contribution in [0.1, 0.15) is 52.9 Å². The molecule has 0 amide bonds. The quantitative estimate of drug-likeness (QED) is 0.455. The number of nitrogens with one attached hydrogen (secondary N) is 1. The highest BCUT2D eigenvalue weighted by Crippen LogP contribution is 2.08. The SMILES string of the molecule is CCOCCOCC(O)CNCCCCCCC(C)C. The van der Waals surface area contributed by atoms with Crippen LogP contribution >= 0.6 is 0 Å². The molecule has 0 spiro atoms. The summed E-state index contributed by atoms with van der Waals surface area (Å²) in [7, 11) is 0. The number of hydrogen-bond acceptors (Lipinski definition) is 4. The Morgan fingerprint density at radius 3 is 2.40 bits per heavy atom. The molecular weight excluding hydrogens is 254 g/mol. The van der Waals surface area contributed by atoms with Crippen molar-refractivity contribution in [1.82, 2.24) is 5.32 Å². The molecule has 4 nitrogen and oxygen atoms in total. The lowest BCUT2D eigenvalue weighted by Gasteiger charge is -2.12. The van der Waals surface area contributed by atoms with Gasteiger partial charge in [-0.15, -0.1) is 0 Å². The lowest BCUT2D eigenvalue weighted by molar-refractivity contribution is 0.00655. The summed E-state index contributed by atoms with van der Waals surface area (Å²) in [6.45, 7) is 10.4. The maximum Gasteiger partial charge on any atom is 0.0897 e. The Kier molecular flexibility index (Phi) is 15.1. The first-order valence-electron chi connectivity index (χ1n) is 8.21. The summed E-state index contributed by atoms with van der Waals surface area (Å²) < 4.78 is 10.5. The number of hydrogen-bond donors (Lipinski definition) is 2. The molecule has 0 saturated carbocycles. The average Bonchev–Trinajstić information content (AvgIpc) is 2.41.